The summed E-state index contributed by atoms with van der Waals surface area (Å²) in [7, 11) is 1.26. The van der Waals surface area contributed by atoms with Crippen molar-refractivity contribution in [1.29, 1.82) is 0 Å². The van der Waals surface area contributed by atoms with E-state index in [1.54, 1.807) is 36.4 Å². The van der Waals surface area contributed by atoms with Crippen LogP contribution in [0, 0.1) is 0 Å². The van der Waals surface area contributed by atoms with Gasteiger partial charge in [0.25, 0.3) is 11.8 Å². The predicted molar refractivity (Wildman–Crippen MR) is 92.6 cm³/mol. The summed E-state index contributed by atoms with van der Waals surface area (Å²) in [6.07, 6.45) is 1.47. The molecule has 1 aliphatic rings. The summed E-state index contributed by atoms with van der Waals surface area (Å²) in [4.78, 5) is 51.3. The van der Waals surface area contributed by atoms with Crippen LogP contribution in [-0.4, -0.2) is 53.7 Å². The quantitative estimate of drug-likeness (QED) is 0.541. The third-order valence-corrected chi connectivity index (χ3v) is 4.26. The Kier molecular flexibility index (Phi) is 5.35. The third kappa shape index (κ3) is 3.89. The van der Waals surface area contributed by atoms with Crippen molar-refractivity contribution in [2.75, 3.05) is 20.2 Å². The Bertz CT molecular complexity index is 839. The first-order chi connectivity index (χ1) is 13.0. The first-order valence-electron chi connectivity index (χ1n) is 8.33. The Hall–Kier alpha value is -3.42. The van der Waals surface area contributed by atoms with E-state index in [2.05, 4.69) is 4.74 Å². The number of furan rings is 1. The second-order valence-corrected chi connectivity index (χ2v) is 5.96. The van der Waals surface area contributed by atoms with E-state index in [0.29, 0.717) is 5.76 Å². The molecule has 2 heterocycles. The van der Waals surface area contributed by atoms with E-state index in [9.17, 15) is 19.2 Å². The molecule has 0 saturated carbocycles. The van der Waals surface area contributed by atoms with Crippen molar-refractivity contribution < 1.29 is 28.3 Å². The lowest BCUT2D eigenvalue weighted by atomic mass is 10.1. The molecule has 0 N–H and O–H groups in total. The van der Waals surface area contributed by atoms with Crippen LogP contribution in [0.5, 0.6) is 0 Å². The highest BCUT2D eigenvalue weighted by Crippen LogP contribution is 2.22. The molecule has 0 fully saturated rings. The number of ether oxygens (including phenoxy) is 1. The lowest BCUT2D eigenvalue weighted by Crippen LogP contribution is -2.43. The van der Waals surface area contributed by atoms with Gasteiger partial charge in [0.1, 0.15) is 12.3 Å². The minimum Gasteiger partial charge on any atom is -0.469 e. The van der Waals surface area contributed by atoms with Crippen LogP contribution in [0.3, 0.4) is 0 Å². The number of carbonyl (C=O) groups excluding carboxylic acids is 4. The van der Waals surface area contributed by atoms with Gasteiger partial charge in [-0.1, -0.05) is 12.1 Å². The number of rotatable bonds is 7. The van der Waals surface area contributed by atoms with Gasteiger partial charge >= 0.3 is 5.97 Å². The molecule has 8 nitrogen and oxygen atoms in total. The first kappa shape index (κ1) is 18.4. The molecule has 0 radical (unpaired) electrons. The summed E-state index contributed by atoms with van der Waals surface area (Å²) >= 11 is 0. The number of esters is 1. The van der Waals surface area contributed by atoms with Gasteiger partial charge in [-0.05, 0) is 24.3 Å². The minimum absolute atomic E-state index is 0.00886. The van der Waals surface area contributed by atoms with Gasteiger partial charge in [-0.25, -0.2) is 0 Å². The smallest absolute Gasteiger partial charge is 0.307 e. The Morgan fingerprint density at radius 1 is 1.07 bits per heavy atom. The Morgan fingerprint density at radius 2 is 1.74 bits per heavy atom. The fourth-order valence-electron chi connectivity index (χ4n) is 2.83. The Balaban J connectivity index is 1.73. The molecule has 3 rings (SSSR count). The highest BCUT2D eigenvalue weighted by molar-refractivity contribution is 6.22. The zero-order valence-electron chi connectivity index (χ0n) is 14.7. The summed E-state index contributed by atoms with van der Waals surface area (Å²) in [6.45, 7) is -0.213. The number of carbonyl (C=O) groups is 4. The predicted octanol–water partition coefficient (Wildman–Crippen LogP) is 1.47. The highest BCUT2D eigenvalue weighted by atomic mass is 16.5. The zero-order chi connectivity index (χ0) is 19.4. The molecule has 1 aromatic carbocycles. The summed E-state index contributed by atoms with van der Waals surface area (Å²) in [5.41, 5.74) is 0.560. The number of benzene rings is 1. The van der Waals surface area contributed by atoms with Crippen LogP contribution in [0.25, 0.3) is 0 Å². The van der Waals surface area contributed by atoms with E-state index < -0.39 is 30.2 Å². The van der Waals surface area contributed by atoms with E-state index in [-0.39, 0.29) is 30.6 Å². The van der Waals surface area contributed by atoms with Crippen molar-refractivity contribution in [3.63, 3.8) is 0 Å². The molecule has 8 heteroatoms. The van der Waals surface area contributed by atoms with Gasteiger partial charge in [-0.2, -0.15) is 0 Å². The van der Waals surface area contributed by atoms with E-state index in [0.717, 1.165) is 4.90 Å². The molecule has 1 aliphatic heterocycles. The number of imide groups is 1. The molecule has 0 bridgehead atoms. The average Bonchev–Trinajstić information content (AvgIpc) is 3.28. The van der Waals surface area contributed by atoms with Gasteiger partial charge in [0.2, 0.25) is 5.91 Å². The summed E-state index contributed by atoms with van der Waals surface area (Å²) in [5, 5.41) is 0. The summed E-state index contributed by atoms with van der Waals surface area (Å²) in [5.74, 6) is -1.42. The summed E-state index contributed by atoms with van der Waals surface area (Å²) in [6, 6.07) is 9.81. The van der Waals surface area contributed by atoms with E-state index in [1.165, 1.54) is 18.3 Å². The van der Waals surface area contributed by atoms with E-state index >= 15 is 0 Å². The lowest BCUT2D eigenvalue weighted by Gasteiger charge is -2.23. The molecule has 3 amide bonds. The van der Waals surface area contributed by atoms with Gasteiger partial charge < -0.3 is 14.1 Å². The van der Waals surface area contributed by atoms with Crippen molar-refractivity contribution >= 4 is 23.7 Å². The standard InChI is InChI=1S/C19H18N2O6/c1-26-17(23)8-9-20(11-13-5-4-10-27-13)16(22)12-21-18(24)14-6-2-3-7-15(14)19(21)25/h2-7,10H,8-9,11-12H2,1H3. The van der Waals surface area contributed by atoms with Crippen molar-refractivity contribution in [2.24, 2.45) is 0 Å². The van der Waals surface area contributed by atoms with Crippen LogP contribution in [-0.2, 0) is 20.9 Å². The normalized spacial score (nSPS) is 12.9. The van der Waals surface area contributed by atoms with Crippen LogP contribution in [0.4, 0.5) is 0 Å². The van der Waals surface area contributed by atoms with Crippen LogP contribution in [0.2, 0.25) is 0 Å². The molecule has 0 aliphatic carbocycles. The monoisotopic (exact) mass is 370 g/mol. The molecular weight excluding hydrogens is 352 g/mol. The summed E-state index contributed by atoms with van der Waals surface area (Å²) < 4.78 is 9.86. The number of hydrogen-bond donors (Lipinski definition) is 0. The molecule has 1 aromatic heterocycles. The number of methoxy groups -OCH3 is 1. The van der Waals surface area contributed by atoms with Crippen molar-refractivity contribution in [2.45, 2.75) is 13.0 Å². The average molecular weight is 370 g/mol. The van der Waals surface area contributed by atoms with Gasteiger partial charge in [0.15, 0.2) is 0 Å². The SMILES string of the molecule is COC(=O)CCN(Cc1ccco1)C(=O)CN1C(=O)c2ccccc2C1=O. The van der Waals surface area contributed by atoms with Gasteiger partial charge in [-0.15, -0.1) is 0 Å². The Labute approximate surface area is 155 Å². The topological polar surface area (TPSA) is 97.1 Å². The lowest BCUT2D eigenvalue weighted by molar-refractivity contribution is -0.142. The van der Waals surface area contributed by atoms with E-state index in [4.69, 9.17) is 4.42 Å². The van der Waals surface area contributed by atoms with Crippen LogP contribution in [0.1, 0.15) is 32.9 Å². The molecular formula is C19H18N2O6. The van der Waals surface area contributed by atoms with Gasteiger partial charge in [-0.3, -0.25) is 24.1 Å². The number of hydrogen-bond acceptors (Lipinski definition) is 6. The van der Waals surface area contributed by atoms with Crippen molar-refractivity contribution in [3.8, 4) is 0 Å². The maximum absolute atomic E-state index is 12.8. The largest absolute Gasteiger partial charge is 0.469 e. The second kappa shape index (κ2) is 7.86. The first-order valence-corrected chi connectivity index (χ1v) is 8.33. The molecule has 0 atom stereocenters. The molecule has 0 spiro atoms. The van der Waals surface area contributed by atoms with Crippen molar-refractivity contribution in [3.05, 3.63) is 59.5 Å². The number of fused-ring (bicyclic) bond motifs is 1. The Morgan fingerprint density at radius 3 is 2.30 bits per heavy atom. The van der Waals surface area contributed by atoms with E-state index in [1.807, 2.05) is 0 Å². The third-order valence-electron chi connectivity index (χ3n) is 4.26. The van der Waals surface area contributed by atoms with Crippen LogP contribution < -0.4 is 0 Å². The second-order valence-electron chi connectivity index (χ2n) is 5.96. The van der Waals surface area contributed by atoms with Crippen molar-refractivity contribution in [1.82, 2.24) is 9.80 Å². The maximum Gasteiger partial charge on any atom is 0.307 e. The molecule has 2 aromatic rings. The zero-order valence-corrected chi connectivity index (χ0v) is 14.7. The van der Waals surface area contributed by atoms with Crippen LogP contribution >= 0.6 is 0 Å². The minimum atomic E-state index is -0.505. The van der Waals surface area contributed by atoms with Gasteiger partial charge in [0.05, 0.1) is 37.5 Å². The van der Waals surface area contributed by atoms with Gasteiger partial charge in [0, 0.05) is 6.54 Å². The number of nitrogens with zero attached hydrogens (tertiary/aromatic N) is 2. The maximum atomic E-state index is 12.8. The molecule has 27 heavy (non-hydrogen) atoms. The molecule has 140 valence electrons. The highest BCUT2D eigenvalue weighted by Gasteiger charge is 2.37. The molecule has 0 saturated heterocycles. The fourth-order valence-corrected chi connectivity index (χ4v) is 2.83. The fraction of sp³-hybridized carbons (Fsp3) is 0.263. The van der Waals surface area contributed by atoms with Crippen LogP contribution in [0.15, 0.2) is 47.1 Å². The number of amides is 3. The molecule has 0 unspecified atom stereocenters.